The average molecular weight is 343 g/mol. The molecule has 0 atom stereocenters. The van der Waals surface area contributed by atoms with Crippen LogP contribution in [0.4, 0.5) is 0 Å². The number of aliphatic hydroxyl groups is 1. The van der Waals surface area contributed by atoms with Crippen molar-refractivity contribution < 1.29 is 9.84 Å². The Labute approximate surface area is 93.2 Å². The van der Waals surface area contributed by atoms with Crippen molar-refractivity contribution in [2.75, 3.05) is 7.11 Å². The van der Waals surface area contributed by atoms with Gasteiger partial charge >= 0.3 is 0 Å². The number of halogens is 2. The van der Waals surface area contributed by atoms with Crippen molar-refractivity contribution in [2.24, 2.45) is 0 Å². The van der Waals surface area contributed by atoms with E-state index in [4.69, 9.17) is 9.84 Å². The maximum Gasteiger partial charge on any atom is 0.138 e. The lowest BCUT2D eigenvalue weighted by molar-refractivity contribution is 0.273. The second kappa shape index (κ2) is 4.43. The summed E-state index contributed by atoms with van der Waals surface area (Å²) in [5.41, 5.74) is 0.810. The number of hydrogen-bond acceptors (Lipinski definition) is 2. The molecule has 0 bridgehead atoms. The fraction of sp³-hybridized carbons (Fsp3) is 0.250. The number of ether oxygens (including phenoxy) is 1. The largest absolute Gasteiger partial charge is 0.495 e. The van der Waals surface area contributed by atoms with Crippen molar-refractivity contribution in [3.63, 3.8) is 0 Å². The molecule has 4 heteroatoms. The van der Waals surface area contributed by atoms with Crippen molar-refractivity contribution in [2.45, 2.75) is 6.61 Å². The molecule has 0 amide bonds. The van der Waals surface area contributed by atoms with E-state index in [9.17, 15) is 0 Å². The molecule has 1 N–H and O–H groups in total. The SMILES string of the molecule is COc1c(CO)ccc(Br)c1I. The minimum Gasteiger partial charge on any atom is -0.495 e. The average Bonchev–Trinajstić information content (AvgIpc) is 2.09. The topological polar surface area (TPSA) is 29.5 Å². The van der Waals surface area contributed by atoms with Crippen LogP contribution in [0.5, 0.6) is 5.75 Å². The van der Waals surface area contributed by atoms with Crippen molar-refractivity contribution in [3.05, 3.63) is 25.7 Å². The normalized spacial score (nSPS) is 10.0. The summed E-state index contributed by atoms with van der Waals surface area (Å²) in [7, 11) is 1.60. The zero-order valence-electron chi connectivity index (χ0n) is 6.47. The first-order valence-electron chi connectivity index (χ1n) is 3.32. The smallest absolute Gasteiger partial charge is 0.138 e. The van der Waals surface area contributed by atoms with E-state index >= 15 is 0 Å². The maximum absolute atomic E-state index is 8.97. The lowest BCUT2D eigenvalue weighted by Crippen LogP contribution is -1.94. The summed E-state index contributed by atoms with van der Waals surface area (Å²) in [5.74, 6) is 0.743. The van der Waals surface area contributed by atoms with Gasteiger partial charge in [-0.15, -0.1) is 0 Å². The molecule has 0 aliphatic carbocycles. The molecule has 1 aromatic rings. The quantitative estimate of drug-likeness (QED) is 0.837. The second-order valence-electron chi connectivity index (χ2n) is 2.21. The summed E-state index contributed by atoms with van der Waals surface area (Å²) < 4.78 is 7.12. The highest BCUT2D eigenvalue weighted by molar-refractivity contribution is 14.1. The van der Waals surface area contributed by atoms with Crippen LogP contribution in [0.15, 0.2) is 16.6 Å². The Hall–Kier alpha value is 0.190. The van der Waals surface area contributed by atoms with Crippen LogP contribution in [-0.4, -0.2) is 12.2 Å². The molecule has 0 unspecified atom stereocenters. The highest BCUT2D eigenvalue weighted by Gasteiger charge is 2.08. The van der Waals surface area contributed by atoms with Crippen LogP contribution in [0.1, 0.15) is 5.56 Å². The predicted octanol–water partition coefficient (Wildman–Crippen LogP) is 2.55. The van der Waals surface area contributed by atoms with Crippen LogP contribution in [-0.2, 0) is 6.61 Å². The van der Waals surface area contributed by atoms with E-state index in [0.29, 0.717) is 0 Å². The summed E-state index contributed by atoms with van der Waals surface area (Å²) in [6.45, 7) is 0.00640. The molecule has 2 nitrogen and oxygen atoms in total. The molecule has 0 aliphatic heterocycles. The van der Waals surface area contributed by atoms with Gasteiger partial charge in [0, 0.05) is 10.0 Å². The molecule has 1 rings (SSSR count). The van der Waals surface area contributed by atoms with Crippen molar-refractivity contribution in [1.82, 2.24) is 0 Å². The Morgan fingerprint density at radius 2 is 2.25 bits per heavy atom. The predicted molar refractivity (Wildman–Crippen MR) is 59.3 cm³/mol. The Morgan fingerprint density at radius 1 is 1.58 bits per heavy atom. The van der Waals surface area contributed by atoms with Gasteiger partial charge in [-0.25, -0.2) is 0 Å². The van der Waals surface area contributed by atoms with E-state index < -0.39 is 0 Å². The van der Waals surface area contributed by atoms with E-state index in [1.807, 2.05) is 12.1 Å². The zero-order valence-corrected chi connectivity index (χ0v) is 10.2. The van der Waals surface area contributed by atoms with Crippen molar-refractivity contribution in [3.8, 4) is 5.75 Å². The van der Waals surface area contributed by atoms with Crippen molar-refractivity contribution >= 4 is 38.5 Å². The van der Waals surface area contributed by atoms with E-state index in [2.05, 4.69) is 38.5 Å². The first-order valence-corrected chi connectivity index (χ1v) is 5.19. The molecule has 0 radical (unpaired) electrons. The van der Waals surface area contributed by atoms with Gasteiger partial charge in [0.2, 0.25) is 0 Å². The highest BCUT2D eigenvalue weighted by atomic mass is 127. The third-order valence-electron chi connectivity index (χ3n) is 1.51. The molecule has 66 valence electrons. The number of aliphatic hydroxyl groups excluding tert-OH is 1. The first kappa shape index (κ1) is 10.3. The maximum atomic E-state index is 8.97. The van der Waals surface area contributed by atoms with Crippen LogP contribution in [0.25, 0.3) is 0 Å². The zero-order chi connectivity index (χ0) is 9.14. The van der Waals surface area contributed by atoms with Crippen LogP contribution >= 0.6 is 38.5 Å². The van der Waals surface area contributed by atoms with E-state index in [-0.39, 0.29) is 6.61 Å². The third-order valence-corrected chi connectivity index (χ3v) is 3.98. The number of methoxy groups -OCH3 is 1. The standard InChI is InChI=1S/C8H8BrIO2/c1-12-8-5(4-11)2-3-6(9)7(8)10/h2-3,11H,4H2,1H3. The summed E-state index contributed by atoms with van der Waals surface area (Å²) in [4.78, 5) is 0. The molecule has 12 heavy (non-hydrogen) atoms. The first-order chi connectivity index (χ1) is 5.70. The van der Waals surface area contributed by atoms with Gasteiger partial charge in [0.25, 0.3) is 0 Å². The molecular formula is C8H8BrIO2. The monoisotopic (exact) mass is 342 g/mol. The van der Waals surface area contributed by atoms with Crippen molar-refractivity contribution in [1.29, 1.82) is 0 Å². The number of benzene rings is 1. The Bertz CT molecular complexity index is 289. The third kappa shape index (κ3) is 1.92. The fourth-order valence-electron chi connectivity index (χ4n) is 0.917. The lowest BCUT2D eigenvalue weighted by atomic mass is 10.2. The summed E-state index contributed by atoms with van der Waals surface area (Å²) in [6, 6.07) is 3.74. The molecule has 0 aromatic heterocycles. The van der Waals surface area contributed by atoms with Gasteiger partial charge in [-0.2, -0.15) is 0 Å². The lowest BCUT2D eigenvalue weighted by Gasteiger charge is -2.09. The van der Waals surface area contributed by atoms with Gasteiger partial charge in [0.05, 0.1) is 17.3 Å². The van der Waals surface area contributed by atoms with Gasteiger partial charge in [0.1, 0.15) is 5.75 Å². The summed E-state index contributed by atoms with van der Waals surface area (Å²) >= 11 is 5.55. The number of hydrogen-bond donors (Lipinski definition) is 1. The second-order valence-corrected chi connectivity index (χ2v) is 4.14. The van der Waals surface area contributed by atoms with Gasteiger partial charge in [-0.1, -0.05) is 6.07 Å². The van der Waals surface area contributed by atoms with Crippen LogP contribution in [0.3, 0.4) is 0 Å². The molecule has 0 fully saturated rings. The molecule has 0 heterocycles. The van der Waals surface area contributed by atoms with Gasteiger partial charge in [-0.3, -0.25) is 0 Å². The molecule has 1 aromatic carbocycles. The summed E-state index contributed by atoms with van der Waals surface area (Å²) in [6.07, 6.45) is 0. The fourth-order valence-corrected chi connectivity index (χ4v) is 1.98. The van der Waals surface area contributed by atoms with Crippen LogP contribution in [0, 0.1) is 3.57 Å². The molecule has 0 spiro atoms. The number of rotatable bonds is 2. The minimum absolute atomic E-state index is 0.00640. The molecule has 0 saturated carbocycles. The Morgan fingerprint density at radius 3 is 2.75 bits per heavy atom. The van der Waals surface area contributed by atoms with Gasteiger partial charge in [0.15, 0.2) is 0 Å². The van der Waals surface area contributed by atoms with Crippen LogP contribution in [0.2, 0.25) is 0 Å². The highest BCUT2D eigenvalue weighted by Crippen LogP contribution is 2.31. The molecule has 0 saturated heterocycles. The molecular weight excluding hydrogens is 335 g/mol. The van der Waals surface area contributed by atoms with Crippen LogP contribution < -0.4 is 4.74 Å². The van der Waals surface area contributed by atoms with E-state index in [1.165, 1.54) is 0 Å². The Kier molecular flexibility index (Phi) is 3.79. The van der Waals surface area contributed by atoms with Gasteiger partial charge in [-0.05, 0) is 44.6 Å². The Balaban J connectivity index is 3.25. The summed E-state index contributed by atoms with van der Waals surface area (Å²) in [5, 5.41) is 8.97. The minimum atomic E-state index is 0.00640. The molecule has 0 aliphatic rings. The van der Waals surface area contributed by atoms with Gasteiger partial charge < -0.3 is 9.84 Å². The van der Waals surface area contributed by atoms with E-state index in [0.717, 1.165) is 19.4 Å². The van der Waals surface area contributed by atoms with E-state index in [1.54, 1.807) is 7.11 Å².